The van der Waals surface area contributed by atoms with Crippen LogP contribution in [-0.4, -0.2) is 63.6 Å². The molecule has 5 rings (SSSR count). The molecule has 0 aromatic heterocycles. The maximum absolute atomic E-state index is 14.3. The van der Waals surface area contributed by atoms with Crippen molar-refractivity contribution >= 4 is 56.1 Å². The lowest BCUT2D eigenvalue weighted by Crippen LogP contribution is -2.53. The van der Waals surface area contributed by atoms with Crippen LogP contribution in [0.4, 0.5) is 5.69 Å². The van der Waals surface area contributed by atoms with Gasteiger partial charge in [0.2, 0.25) is 5.91 Å². The first kappa shape index (κ1) is 33.4. The Kier molecular flexibility index (Phi) is 10.4. The summed E-state index contributed by atoms with van der Waals surface area (Å²) in [5.74, 6) is -0.863. The zero-order valence-electron chi connectivity index (χ0n) is 26.4. The highest BCUT2D eigenvalue weighted by molar-refractivity contribution is 9.10. The molecule has 0 spiro atoms. The normalized spacial score (nSPS) is 14.8. The Labute approximate surface area is 280 Å². The van der Waals surface area contributed by atoms with Gasteiger partial charge in [0.15, 0.2) is 5.75 Å². The first-order valence-corrected chi connectivity index (χ1v) is 15.7. The number of carbonyl (C=O) groups is 4. The summed E-state index contributed by atoms with van der Waals surface area (Å²) in [5.41, 5.74) is 2.50. The highest BCUT2D eigenvalue weighted by Crippen LogP contribution is 2.38. The highest BCUT2D eigenvalue weighted by Gasteiger charge is 2.36. The predicted octanol–water partition coefficient (Wildman–Crippen LogP) is 4.35. The molecule has 0 fully saturated rings. The molecule has 0 bridgehead atoms. The van der Waals surface area contributed by atoms with E-state index in [1.165, 1.54) is 12.0 Å². The lowest BCUT2D eigenvalue weighted by molar-refractivity contribution is -0.129. The summed E-state index contributed by atoms with van der Waals surface area (Å²) < 4.78 is 17.6. The minimum atomic E-state index is -1.04. The fraction of sp³-hybridized carbons (Fsp3) is 0.257. The second-order valence-electron chi connectivity index (χ2n) is 10.9. The molecule has 1 heterocycles. The number of amides is 3. The summed E-state index contributed by atoms with van der Waals surface area (Å²) in [7, 11) is 4.53. The predicted molar refractivity (Wildman–Crippen MR) is 181 cm³/mol. The standard InChI is InChI=1S/C35H35BrN4O7/c1-20(37-2)32(41)39-28-19-47-31-26(33(42)38-17-21-8-10-22(11-9-21)35(44)46-4)6-5-7-29(31)40(34(28)43)18-27-25-14-13-24(36)16-23(25)12-15-30(27)45-3/h5-16,20,28,37H,17-19H2,1-4H3,(H,38,42)(H,39,41)/t20-,28-/m0/s1. The lowest BCUT2D eigenvalue weighted by atomic mass is 10.0. The number of carbonyl (C=O) groups excluding carboxylic acids is 4. The van der Waals surface area contributed by atoms with E-state index in [0.717, 1.165) is 26.4 Å². The number of esters is 1. The van der Waals surface area contributed by atoms with Gasteiger partial charge in [0.1, 0.15) is 18.4 Å². The smallest absolute Gasteiger partial charge is 0.337 e. The minimum Gasteiger partial charge on any atom is -0.496 e. The van der Waals surface area contributed by atoms with E-state index in [0.29, 0.717) is 17.0 Å². The molecule has 1 aliphatic rings. The number of para-hydroxylation sites is 1. The van der Waals surface area contributed by atoms with Gasteiger partial charge in [-0.05, 0) is 72.8 Å². The van der Waals surface area contributed by atoms with Crippen molar-refractivity contribution in [3.05, 3.63) is 99.5 Å². The van der Waals surface area contributed by atoms with Crippen molar-refractivity contribution in [1.82, 2.24) is 16.0 Å². The van der Waals surface area contributed by atoms with Crippen molar-refractivity contribution < 1.29 is 33.4 Å². The van der Waals surface area contributed by atoms with Crippen LogP contribution in [0.3, 0.4) is 0 Å². The van der Waals surface area contributed by atoms with Crippen molar-refractivity contribution in [3.63, 3.8) is 0 Å². The Balaban J connectivity index is 1.51. The van der Waals surface area contributed by atoms with E-state index in [9.17, 15) is 19.2 Å². The molecule has 0 aliphatic carbocycles. The van der Waals surface area contributed by atoms with E-state index < -0.39 is 29.9 Å². The molecule has 244 valence electrons. The zero-order chi connectivity index (χ0) is 33.7. The van der Waals surface area contributed by atoms with E-state index in [2.05, 4.69) is 31.9 Å². The number of fused-ring (bicyclic) bond motifs is 2. The number of rotatable bonds is 10. The first-order valence-electron chi connectivity index (χ1n) is 14.9. The van der Waals surface area contributed by atoms with Crippen molar-refractivity contribution in [2.45, 2.75) is 32.1 Å². The Bertz CT molecular complexity index is 1830. The maximum atomic E-state index is 14.3. The number of halogens is 1. The van der Waals surface area contributed by atoms with Crippen LogP contribution in [0.5, 0.6) is 11.5 Å². The van der Waals surface area contributed by atoms with Gasteiger partial charge in [0, 0.05) is 16.6 Å². The molecule has 0 saturated heterocycles. The van der Waals surface area contributed by atoms with Gasteiger partial charge >= 0.3 is 5.97 Å². The van der Waals surface area contributed by atoms with E-state index >= 15 is 0 Å². The second-order valence-corrected chi connectivity index (χ2v) is 11.9. The van der Waals surface area contributed by atoms with Crippen LogP contribution in [0.1, 0.15) is 38.8 Å². The third kappa shape index (κ3) is 7.23. The first-order chi connectivity index (χ1) is 22.6. The number of methoxy groups -OCH3 is 2. The van der Waals surface area contributed by atoms with Crippen LogP contribution < -0.4 is 30.3 Å². The van der Waals surface area contributed by atoms with Gasteiger partial charge in [-0.15, -0.1) is 0 Å². The molecule has 12 heteroatoms. The summed E-state index contributed by atoms with van der Waals surface area (Å²) in [6.07, 6.45) is 0. The number of benzene rings is 4. The van der Waals surface area contributed by atoms with Crippen LogP contribution in [0, 0.1) is 0 Å². The Morgan fingerprint density at radius 1 is 1.04 bits per heavy atom. The molecular formula is C35H35BrN4O7. The molecule has 0 saturated carbocycles. The molecule has 0 unspecified atom stereocenters. The Hall–Kier alpha value is -4.94. The fourth-order valence-corrected chi connectivity index (χ4v) is 5.70. The second kappa shape index (κ2) is 14.7. The highest BCUT2D eigenvalue weighted by atomic mass is 79.9. The molecule has 4 aromatic carbocycles. The van der Waals surface area contributed by atoms with Crippen molar-refractivity contribution in [3.8, 4) is 11.5 Å². The molecule has 0 radical (unpaired) electrons. The van der Waals surface area contributed by atoms with Crippen LogP contribution in [0.15, 0.2) is 77.3 Å². The van der Waals surface area contributed by atoms with Crippen molar-refractivity contribution in [1.29, 1.82) is 0 Å². The summed E-state index contributed by atoms with van der Waals surface area (Å²) in [5, 5.41) is 10.4. The summed E-state index contributed by atoms with van der Waals surface area (Å²) in [6.45, 7) is 1.75. The van der Waals surface area contributed by atoms with Gasteiger partial charge in [0.25, 0.3) is 11.8 Å². The van der Waals surface area contributed by atoms with E-state index in [1.54, 1.807) is 63.5 Å². The van der Waals surface area contributed by atoms with Gasteiger partial charge < -0.3 is 35.1 Å². The SMILES string of the molecule is CN[C@@H](C)C(=O)N[C@H]1COc2c(C(=O)NCc3ccc(C(=O)OC)cc3)cccc2N(Cc2c(OC)ccc3cc(Br)ccc23)C1=O. The van der Waals surface area contributed by atoms with Crippen molar-refractivity contribution in [2.75, 3.05) is 32.8 Å². The van der Waals surface area contributed by atoms with Gasteiger partial charge in [-0.25, -0.2) is 4.79 Å². The number of ether oxygens (including phenoxy) is 3. The van der Waals surface area contributed by atoms with E-state index in [-0.39, 0.29) is 36.9 Å². The zero-order valence-corrected chi connectivity index (χ0v) is 28.0. The molecular weight excluding hydrogens is 668 g/mol. The van der Waals surface area contributed by atoms with Crippen molar-refractivity contribution in [2.24, 2.45) is 0 Å². The number of anilines is 1. The lowest BCUT2D eigenvalue weighted by Gasteiger charge is -2.27. The number of hydrogen-bond acceptors (Lipinski definition) is 8. The van der Waals surface area contributed by atoms with E-state index in [1.807, 2.05) is 30.3 Å². The number of hydrogen-bond donors (Lipinski definition) is 3. The summed E-state index contributed by atoms with van der Waals surface area (Å²) in [6, 6.07) is 19.8. The Morgan fingerprint density at radius 2 is 1.81 bits per heavy atom. The monoisotopic (exact) mass is 702 g/mol. The molecule has 3 amide bonds. The quantitative estimate of drug-likeness (QED) is 0.208. The molecule has 2 atom stereocenters. The van der Waals surface area contributed by atoms with E-state index in [4.69, 9.17) is 14.2 Å². The van der Waals surface area contributed by atoms with Gasteiger partial charge in [0.05, 0.1) is 43.6 Å². The minimum absolute atomic E-state index is 0.0723. The third-order valence-electron chi connectivity index (χ3n) is 8.05. The largest absolute Gasteiger partial charge is 0.496 e. The van der Waals surface area contributed by atoms with Crippen LogP contribution in [0.25, 0.3) is 10.8 Å². The summed E-state index contributed by atoms with van der Waals surface area (Å²) in [4.78, 5) is 54.1. The van der Waals surface area contributed by atoms with Crippen LogP contribution >= 0.6 is 15.9 Å². The Morgan fingerprint density at radius 3 is 2.51 bits per heavy atom. The molecule has 11 nitrogen and oxygen atoms in total. The molecule has 1 aliphatic heterocycles. The molecule has 47 heavy (non-hydrogen) atoms. The number of nitrogens with one attached hydrogen (secondary N) is 3. The van der Waals surface area contributed by atoms with Crippen LogP contribution in [0.2, 0.25) is 0 Å². The topological polar surface area (TPSA) is 135 Å². The number of likely N-dealkylation sites (N-methyl/N-ethyl adjacent to an activating group) is 1. The molecule has 3 N–H and O–H groups in total. The van der Waals surface area contributed by atoms with Gasteiger partial charge in [-0.2, -0.15) is 0 Å². The molecule has 4 aromatic rings. The maximum Gasteiger partial charge on any atom is 0.337 e. The third-order valence-corrected chi connectivity index (χ3v) is 8.54. The van der Waals surface area contributed by atoms with Gasteiger partial charge in [-0.3, -0.25) is 14.4 Å². The summed E-state index contributed by atoms with van der Waals surface area (Å²) >= 11 is 3.53. The van der Waals surface area contributed by atoms with Crippen LogP contribution in [-0.2, 0) is 27.4 Å². The fourth-order valence-electron chi connectivity index (χ4n) is 5.32. The average Bonchev–Trinajstić information content (AvgIpc) is 3.22. The van der Waals surface area contributed by atoms with Gasteiger partial charge in [-0.1, -0.05) is 46.3 Å². The average molecular weight is 704 g/mol. The number of nitrogens with zero attached hydrogens (tertiary/aromatic N) is 1.